The molecule has 1 saturated heterocycles. The summed E-state index contributed by atoms with van der Waals surface area (Å²) < 4.78 is 16.4. The predicted octanol–water partition coefficient (Wildman–Crippen LogP) is 2.76. The van der Waals surface area contributed by atoms with E-state index >= 15 is 0 Å². The second kappa shape index (κ2) is 7.57. The van der Waals surface area contributed by atoms with E-state index in [0.29, 0.717) is 18.1 Å². The molecule has 0 aliphatic carbocycles. The molecule has 6 heteroatoms. The van der Waals surface area contributed by atoms with Gasteiger partial charge in [0, 0.05) is 12.1 Å². The third-order valence-corrected chi connectivity index (χ3v) is 4.36. The van der Waals surface area contributed by atoms with Crippen molar-refractivity contribution in [3.63, 3.8) is 0 Å². The van der Waals surface area contributed by atoms with Crippen molar-refractivity contribution in [3.05, 3.63) is 28.6 Å². The van der Waals surface area contributed by atoms with Gasteiger partial charge >= 0.3 is 0 Å². The van der Waals surface area contributed by atoms with Gasteiger partial charge in [0.25, 0.3) is 0 Å². The molecule has 0 atom stereocenters. The van der Waals surface area contributed by atoms with Crippen LogP contribution in [0.1, 0.15) is 25.7 Å². The number of methoxy groups -OCH3 is 1. The summed E-state index contributed by atoms with van der Waals surface area (Å²) >= 11 is 0. The van der Waals surface area contributed by atoms with Crippen LogP contribution < -0.4 is 14.9 Å². The average Bonchev–Trinajstić information content (AvgIpc) is 3.08. The van der Waals surface area contributed by atoms with Crippen molar-refractivity contribution in [1.29, 1.82) is 0 Å². The van der Waals surface area contributed by atoms with E-state index in [1.165, 1.54) is 51.4 Å². The summed E-state index contributed by atoms with van der Waals surface area (Å²) in [7, 11) is 1.49. The van der Waals surface area contributed by atoms with Gasteiger partial charge in [0.15, 0.2) is 16.8 Å². The Labute approximate surface area is 140 Å². The molecule has 1 aromatic heterocycles. The first-order valence-electron chi connectivity index (χ1n) is 8.37. The van der Waals surface area contributed by atoms with Crippen molar-refractivity contribution in [2.45, 2.75) is 25.7 Å². The molecule has 1 fully saturated rings. The molecule has 0 amide bonds. The second-order valence-electron chi connectivity index (χ2n) is 6.02. The summed E-state index contributed by atoms with van der Waals surface area (Å²) in [6.45, 7) is 4.02. The fourth-order valence-electron chi connectivity index (χ4n) is 3.13. The minimum Gasteiger partial charge on any atom is -0.507 e. The van der Waals surface area contributed by atoms with E-state index in [2.05, 4.69) is 4.90 Å². The SMILES string of the molecule is COc1c(OCCCCN2CCCC2)cc(O)c2c(=O)ccoc12. The van der Waals surface area contributed by atoms with Crippen molar-refractivity contribution >= 4 is 11.0 Å². The summed E-state index contributed by atoms with van der Waals surface area (Å²) in [4.78, 5) is 14.4. The molecule has 1 aliphatic rings. The van der Waals surface area contributed by atoms with Crippen molar-refractivity contribution in [2.75, 3.05) is 33.4 Å². The number of phenolic OH excluding ortho intramolecular Hbond substituents is 1. The van der Waals surface area contributed by atoms with E-state index < -0.39 is 0 Å². The third kappa shape index (κ3) is 3.48. The van der Waals surface area contributed by atoms with E-state index in [4.69, 9.17) is 13.9 Å². The van der Waals surface area contributed by atoms with Crippen molar-refractivity contribution in [3.8, 4) is 17.2 Å². The predicted molar refractivity (Wildman–Crippen MR) is 91.1 cm³/mol. The van der Waals surface area contributed by atoms with Crippen molar-refractivity contribution < 1.29 is 19.0 Å². The highest BCUT2D eigenvalue weighted by atomic mass is 16.5. The van der Waals surface area contributed by atoms with Gasteiger partial charge in [-0.15, -0.1) is 0 Å². The van der Waals surface area contributed by atoms with Crippen LogP contribution in [0.15, 0.2) is 27.6 Å². The van der Waals surface area contributed by atoms with E-state index in [0.717, 1.165) is 19.4 Å². The zero-order chi connectivity index (χ0) is 16.9. The number of ether oxygens (including phenoxy) is 2. The maximum Gasteiger partial charge on any atom is 0.205 e. The van der Waals surface area contributed by atoms with Gasteiger partial charge in [0.2, 0.25) is 5.75 Å². The van der Waals surface area contributed by atoms with E-state index in [9.17, 15) is 9.90 Å². The first-order chi connectivity index (χ1) is 11.7. The molecule has 1 N–H and O–H groups in total. The summed E-state index contributed by atoms with van der Waals surface area (Å²) in [5.74, 6) is 0.560. The minimum absolute atomic E-state index is 0.107. The lowest BCUT2D eigenvalue weighted by Gasteiger charge is -2.15. The molecule has 3 rings (SSSR count). The lowest BCUT2D eigenvalue weighted by Crippen LogP contribution is -2.20. The topological polar surface area (TPSA) is 72.1 Å². The molecule has 0 radical (unpaired) electrons. The zero-order valence-electron chi connectivity index (χ0n) is 13.9. The van der Waals surface area contributed by atoms with Gasteiger partial charge in [-0.05, 0) is 45.3 Å². The maximum atomic E-state index is 11.9. The summed E-state index contributed by atoms with van der Waals surface area (Å²) in [5, 5.41) is 10.2. The molecule has 130 valence electrons. The van der Waals surface area contributed by atoms with E-state index in [-0.39, 0.29) is 22.1 Å². The van der Waals surface area contributed by atoms with Gasteiger partial charge in [-0.1, -0.05) is 0 Å². The molecule has 1 aliphatic heterocycles. The Morgan fingerprint density at radius 2 is 2.08 bits per heavy atom. The molecule has 24 heavy (non-hydrogen) atoms. The van der Waals surface area contributed by atoms with Crippen LogP contribution in [-0.2, 0) is 0 Å². The Morgan fingerprint density at radius 3 is 2.83 bits per heavy atom. The average molecular weight is 333 g/mol. The lowest BCUT2D eigenvalue weighted by atomic mass is 10.2. The smallest absolute Gasteiger partial charge is 0.205 e. The van der Waals surface area contributed by atoms with Gasteiger partial charge in [-0.25, -0.2) is 0 Å². The molecule has 2 aromatic rings. The number of nitrogens with zero attached hydrogens (tertiary/aromatic N) is 1. The largest absolute Gasteiger partial charge is 0.507 e. The number of benzene rings is 1. The van der Waals surface area contributed by atoms with Crippen LogP contribution in [0.2, 0.25) is 0 Å². The Morgan fingerprint density at radius 1 is 1.29 bits per heavy atom. The number of rotatable bonds is 7. The zero-order valence-corrected chi connectivity index (χ0v) is 13.9. The summed E-state index contributed by atoms with van der Waals surface area (Å²) in [5.41, 5.74) is -0.110. The molecular formula is C18H23NO5. The van der Waals surface area contributed by atoms with Crippen molar-refractivity contribution in [1.82, 2.24) is 4.90 Å². The van der Waals surface area contributed by atoms with Crippen LogP contribution in [0.25, 0.3) is 11.0 Å². The summed E-state index contributed by atoms with van der Waals surface area (Å²) in [6.07, 6.45) is 5.87. The Hall–Kier alpha value is -2.21. The van der Waals surface area contributed by atoms with Gasteiger partial charge in [-0.2, -0.15) is 0 Å². The van der Waals surface area contributed by atoms with E-state index in [1.807, 2.05) is 0 Å². The van der Waals surface area contributed by atoms with Gasteiger partial charge < -0.3 is 23.9 Å². The molecule has 1 aromatic carbocycles. The van der Waals surface area contributed by atoms with Gasteiger partial charge in [0.05, 0.1) is 20.0 Å². The lowest BCUT2D eigenvalue weighted by molar-refractivity contribution is 0.267. The quantitative estimate of drug-likeness (QED) is 0.786. The number of hydrogen-bond donors (Lipinski definition) is 1. The molecule has 6 nitrogen and oxygen atoms in total. The second-order valence-corrected chi connectivity index (χ2v) is 6.02. The molecule has 0 saturated carbocycles. The Kier molecular flexibility index (Phi) is 5.25. The summed E-state index contributed by atoms with van der Waals surface area (Å²) in [6, 6.07) is 2.68. The first-order valence-corrected chi connectivity index (χ1v) is 8.37. The monoisotopic (exact) mass is 333 g/mol. The fraction of sp³-hybridized carbons (Fsp3) is 0.500. The Balaban J connectivity index is 1.66. The molecule has 0 bridgehead atoms. The number of fused-ring (bicyclic) bond motifs is 1. The van der Waals surface area contributed by atoms with Crippen LogP contribution in [0.3, 0.4) is 0 Å². The highest BCUT2D eigenvalue weighted by Gasteiger charge is 2.18. The number of hydrogen-bond acceptors (Lipinski definition) is 6. The first kappa shape index (κ1) is 16.6. The maximum absolute atomic E-state index is 11.9. The number of unbranched alkanes of at least 4 members (excludes halogenated alkanes) is 1. The van der Waals surface area contributed by atoms with Crippen molar-refractivity contribution in [2.24, 2.45) is 0 Å². The minimum atomic E-state index is -0.316. The van der Waals surface area contributed by atoms with Crippen LogP contribution in [-0.4, -0.2) is 43.4 Å². The number of phenols is 1. The third-order valence-electron chi connectivity index (χ3n) is 4.36. The molecule has 0 spiro atoms. The fourth-order valence-corrected chi connectivity index (χ4v) is 3.13. The standard InChI is InChI=1S/C18H23NO5/c1-22-17-15(23-10-5-4-9-19-7-2-3-8-19)12-14(21)16-13(20)6-11-24-18(16)17/h6,11-12,21H,2-5,7-10H2,1H3. The number of aromatic hydroxyl groups is 1. The number of likely N-dealkylation sites (tertiary alicyclic amines) is 1. The highest BCUT2D eigenvalue weighted by molar-refractivity contribution is 5.90. The normalized spacial score (nSPS) is 15.0. The Bertz CT molecular complexity index is 749. The molecular weight excluding hydrogens is 310 g/mol. The van der Waals surface area contributed by atoms with Crippen LogP contribution in [0, 0.1) is 0 Å². The molecule has 0 unspecified atom stereocenters. The highest BCUT2D eigenvalue weighted by Crippen LogP contribution is 2.39. The molecule has 2 heterocycles. The van der Waals surface area contributed by atoms with Gasteiger partial charge in [-0.3, -0.25) is 4.79 Å². The van der Waals surface area contributed by atoms with Gasteiger partial charge in [0.1, 0.15) is 11.1 Å². The van der Waals surface area contributed by atoms with Crippen LogP contribution in [0.4, 0.5) is 0 Å². The van der Waals surface area contributed by atoms with Crippen LogP contribution >= 0.6 is 0 Å². The van der Waals surface area contributed by atoms with E-state index in [1.54, 1.807) is 0 Å². The van der Waals surface area contributed by atoms with Crippen LogP contribution in [0.5, 0.6) is 17.2 Å².